The predicted octanol–water partition coefficient (Wildman–Crippen LogP) is 5.13. The summed E-state index contributed by atoms with van der Waals surface area (Å²) in [5.74, 6) is -3.92. The van der Waals surface area contributed by atoms with Crippen LogP contribution >= 0.6 is 11.6 Å². The van der Waals surface area contributed by atoms with E-state index in [1.165, 1.54) is 18.2 Å². The van der Waals surface area contributed by atoms with E-state index in [-0.39, 0.29) is 30.4 Å². The molecule has 13 heteroatoms. The molecule has 2 saturated heterocycles. The molecule has 2 heterocycles. The molecule has 2 N–H and O–H groups in total. The van der Waals surface area contributed by atoms with Gasteiger partial charge in [-0.25, -0.2) is 8.78 Å². The van der Waals surface area contributed by atoms with E-state index in [9.17, 15) is 31.5 Å². The minimum Gasteiger partial charge on any atom is -0.368 e. The smallest absolute Gasteiger partial charge is 0.368 e. The second kappa shape index (κ2) is 12.7. The number of carbonyl (C=O) groups is 2. The summed E-state index contributed by atoms with van der Waals surface area (Å²) in [6.45, 7) is 3.01. The van der Waals surface area contributed by atoms with Gasteiger partial charge in [-0.15, -0.1) is 0 Å². The fraction of sp³-hybridized carbons (Fsp3) is 0.481. The van der Waals surface area contributed by atoms with E-state index in [2.05, 4.69) is 10.6 Å². The Morgan fingerprint density at radius 2 is 1.90 bits per heavy atom. The number of rotatable bonds is 8. The Labute approximate surface area is 233 Å². The van der Waals surface area contributed by atoms with Crippen molar-refractivity contribution in [2.45, 2.75) is 51.1 Å². The molecular weight excluding hydrogens is 559 g/mol. The third-order valence-electron chi connectivity index (χ3n) is 7.08. The monoisotopic (exact) mass is 588 g/mol. The number of anilines is 2. The molecule has 2 aliphatic rings. The molecule has 40 heavy (non-hydrogen) atoms. The number of amides is 2. The predicted molar refractivity (Wildman–Crippen MR) is 141 cm³/mol. The summed E-state index contributed by atoms with van der Waals surface area (Å²) in [5.41, 5.74) is 0.151. The third-order valence-corrected chi connectivity index (χ3v) is 7.31. The largest absolute Gasteiger partial charge is 0.390 e. The van der Waals surface area contributed by atoms with Crippen LogP contribution in [0.2, 0.25) is 5.02 Å². The summed E-state index contributed by atoms with van der Waals surface area (Å²) >= 11 is 6.19. The number of nitrogens with zero attached hydrogens (tertiary/aromatic N) is 2. The summed E-state index contributed by atoms with van der Waals surface area (Å²) in [5, 5.41) is 5.49. The number of piperazine rings is 1. The summed E-state index contributed by atoms with van der Waals surface area (Å²) in [6.07, 6.45) is -4.46. The highest BCUT2D eigenvalue weighted by atomic mass is 35.5. The molecule has 4 rings (SSSR count). The minimum absolute atomic E-state index is 0.115. The standard InChI is InChI=1S/C27H30ClF5N4O3/c1-16-15-37(11-10-36(16)9-8-27(31,32)33)21-13-18(28)5-7-20(21)35-25(38)19-6-4-17(23(29)24(19)30)14-34-26(39)22-3-2-12-40-22/h4-7,13,16,22H,2-3,8-12,14-15H2,1H3,(H,34,39)(H,35,38)/t16-,22?/m1/s1. The number of benzene rings is 2. The zero-order valence-electron chi connectivity index (χ0n) is 21.8. The first-order valence-electron chi connectivity index (χ1n) is 13.0. The van der Waals surface area contributed by atoms with Crippen LogP contribution in [-0.2, 0) is 16.1 Å². The molecule has 2 aliphatic heterocycles. The van der Waals surface area contributed by atoms with E-state index in [0.717, 1.165) is 12.5 Å². The highest BCUT2D eigenvalue weighted by molar-refractivity contribution is 6.31. The minimum atomic E-state index is -4.24. The Kier molecular flexibility index (Phi) is 9.52. The van der Waals surface area contributed by atoms with Gasteiger partial charge in [0.25, 0.3) is 5.91 Å². The van der Waals surface area contributed by atoms with Gasteiger partial charge in [0.15, 0.2) is 11.6 Å². The number of halogens is 6. The van der Waals surface area contributed by atoms with Gasteiger partial charge in [0, 0.05) is 56.0 Å². The zero-order chi connectivity index (χ0) is 29.0. The van der Waals surface area contributed by atoms with Crippen LogP contribution in [0.25, 0.3) is 0 Å². The second-order valence-corrected chi connectivity index (χ2v) is 10.4. The van der Waals surface area contributed by atoms with Crippen molar-refractivity contribution in [3.05, 3.63) is 58.1 Å². The summed E-state index contributed by atoms with van der Waals surface area (Å²) in [6, 6.07) is 6.82. The third kappa shape index (κ3) is 7.41. The molecule has 2 amide bonds. The summed E-state index contributed by atoms with van der Waals surface area (Å²) < 4.78 is 73.0. The molecule has 0 aliphatic carbocycles. The van der Waals surface area contributed by atoms with Crippen LogP contribution in [0, 0.1) is 11.6 Å². The van der Waals surface area contributed by atoms with Crippen molar-refractivity contribution in [3.63, 3.8) is 0 Å². The topological polar surface area (TPSA) is 73.9 Å². The maximum absolute atomic E-state index is 14.9. The van der Waals surface area contributed by atoms with E-state index in [1.54, 1.807) is 11.0 Å². The first kappa shape index (κ1) is 30.0. The van der Waals surface area contributed by atoms with Crippen molar-refractivity contribution < 1.29 is 36.3 Å². The number of carbonyl (C=O) groups excluding carboxylic acids is 2. The van der Waals surface area contributed by atoms with E-state index in [1.807, 2.05) is 11.8 Å². The molecule has 0 spiro atoms. The van der Waals surface area contributed by atoms with Gasteiger partial charge in [0.05, 0.1) is 23.4 Å². The molecule has 7 nitrogen and oxygen atoms in total. The van der Waals surface area contributed by atoms with Crippen molar-refractivity contribution in [2.24, 2.45) is 0 Å². The normalized spacial score (nSPS) is 20.0. The van der Waals surface area contributed by atoms with Crippen LogP contribution < -0.4 is 15.5 Å². The Morgan fingerprint density at radius 1 is 1.12 bits per heavy atom. The number of alkyl halides is 3. The highest BCUT2D eigenvalue weighted by Gasteiger charge is 2.32. The van der Waals surface area contributed by atoms with Gasteiger partial charge in [-0.2, -0.15) is 13.2 Å². The highest BCUT2D eigenvalue weighted by Crippen LogP contribution is 2.32. The van der Waals surface area contributed by atoms with Crippen molar-refractivity contribution in [2.75, 3.05) is 43.0 Å². The molecule has 2 atom stereocenters. The lowest BCUT2D eigenvalue weighted by Gasteiger charge is -2.41. The van der Waals surface area contributed by atoms with Gasteiger partial charge >= 0.3 is 6.18 Å². The van der Waals surface area contributed by atoms with Gasteiger partial charge in [-0.05, 0) is 44.0 Å². The Balaban J connectivity index is 1.44. The molecule has 0 bridgehead atoms. The molecular formula is C27H30ClF5N4O3. The van der Waals surface area contributed by atoms with Crippen LogP contribution in [0.4, 0.5) is 33.3 Å². The average Bonchev–Trinajstić information content (AvgIpc) is 3.44. The van der Waals surface area contributed by atoms with Crippen LogP contribution in [0.1, 0.15) is 42.1 Å². The first-order valence-corrected chi connectivity index (χ1v) is 13.3. The quantitative estimate of drug-likeness (QED) is 0.419. The molecule has 0 aromatic heterocycles. The van der Waals surface area contributed by atoms with E-state index in [4.69, 9.17) is 16.3 Å². The van der Waals surface area contributed by atoms with Gasteiger partial charge in [-0.1, -0.05) is 17.7 Å². The van der Waals surface area contributed by atoms with Gasteiger partial charge in [0.2, 0.25) is 5.91 Å². The van der Waals surface area contributed by atoms with Crippen LogP contribution in [0.3, 0.4) is 0 Å². The zero-order valence-corrected chi connectivity index (χ0v) is 22.5. The van der Waals surface area contributed by atoms with E-state index >= 15 is 0 Å². The summed E-state index contributed by atoms with van der Waals surface area (Å²) in [7, 11) is 0. The molecule has 2 fully saturated rings. The van der Waals surface area contributed by atoms with Gasteiger partial charge < -0.3 is 20.3 Å². The Hall–Kier alpha value is -2.96. The lowest BCUT2D eigenvalue weighted by atomic mass is 10.1. The fourth-order valence-electron chi connectivity index (χ4n) is 4.86. The molecule has 0 radical (unpaired) electrons. The SMILES string of the molecule is C[C@@H]1CN(c2cc(Cl)ccc2NC(=O)c2ccc(CNC(=O)C3CCCO3)c(F)c2F)CCN1CCC(F)(F)F. The summed E-state index contributed by atoms with van der Waals surface area (Å²) in [4.78, 5) is 28.7. The molecule has 0 saturated carbocycles. The van der Waals surface area contributed by atoms with Gasteiger partial charge in [-0.3, -0.25) is 14.5 Å². The molecule has 2 aromatic carbocycles. The van der Waals surface area contributed by atoms with Crippen molar-refractivity contribution >= 4 is 34.8 Å². The van der Waals surface area contributed by atoms with Crippen LogP contribution in [0.5, 0.6) is 0 Å². The maximum Gasteiger partial charge on any atom is 0.390 e. The molecule has 218 valence electrons. The Bertz CT molecular complexity index is 1240. The Morgan fingerprint density at radius 3 is 2.58 bits per heavy atom. The first-order chi connectivity index (χ1) is 18.9. The van der Waals surface area contributed by atoms with Crippen molar-refractivity contribution in [1.29, 1.82) is 0 Å². The number of hydrogen-bond donors (Lipinski definition) is 2. The van der Waals surface area contributed by atoms with E-state index in [0.29, 0.717) is 43.4 Å². The molecule has 2 aromatic rings. The van der Waals surface area contributed by atoms with E-state index < -0.39 is 47.7 Å². The number of ether oxygens (including phenoxy) is 1. The lowest BCUT2D eigenvalue weighted by molar-refractivity contribution is -0.139. The van der Waals surface area contributed by atoms with Crippen LogP contribution in [-0.4, -0.2) is 67.8 Å². The van der Waals surface area contributed by atoms with Crippen molar-refractivity contribution in [1.82, 2.24) is 10.2 Å². The molecule has 1 unspecified atom stereocenters. The van der Waals surface area contributed by atoms with Gasteiger partial charge in [0.1, 0.15) is 6.10 Å². The van der Waals surface area contributed by atoms with Crippen molar-refractivity contribution in [3.8, 4) is 0 Å². The lowest BCUT2D eigenvalue weighted by Crippen LogP contribution is -2.52. The second-order valence-electron chi connectivity index (χ2n) is 9.93. The number of nitrogens with one attached hydrogen (secondary N) is 2. The average molecular weight is 589 g/mol. The fourth-order valence-corrected chi connectivity index (χ4v) is 5.03. The van der Waals surface area contributed by atoms with Crippen LogP contribution in [0.15, 0.2) is 30.3 Å². The maximum atomic E-state index is 14.9. The number of hydrogen-bond acceptors (Lipinski definition) is 5.